The average Bonchev–Trinajstić information content (AvgIpc) is 3.61. The number of alkyl halides is 3. The smallest absolute Gasteiger partial charge is 0.418 e. The number of anilines is 1. The highest BCUT2D eigenvalue weighted by atomic mass is 19.4. The Labute approximate surface area is 211 Å². The van der Waals surface area contributed by atoms with Gasteiger partial charge in [-0.25, -0.2) is 4.39 Å². The molecule has 1 fully saturated rings. The van der Waals surface area contributed by atoms with E-state index in [1.54, 1.807) is 44.2 Å². The second-order valence-electron chi connectivity index (χ2n) is 9.17. The maximum atomic E-state index is 13.8. The molecule has 0 unspecified atom stereocenters. The van der Waals surface area contributed by atoms with Crippen LogP contribution in [0.4, 0.5) is 23.2 Å². The van der Waals surface area contributed by atoms with Crippen molar-refractivity contribution in [2.24, 2.45) is 5.92 Å². The summed E-state index contributed by atoms with van der Waals surface area (Å²) in [6.07, 6.45) is -4.03. The molecule has 0 radical (unpaired) electrons. The molecule has 1 aliphatic carbocycles. The number of nitrogens with one attached hydrogen (secondary N) is 1. The molecule has 4 rings (SSSR count). The first kappa shape index (κ1) is 26.2. The number of amides is 1. The molecule has 0 saturated heterocycles. The second-order valence-corrected chi connectivity index (χ2v) is 9.17. The van der Waals surface area contributed by atoms with Crippen LogP contribution in [0.2, 0.25) is 0 Å². The van der Waals surface area contributed by atoms with Crippen molar-refractivity contribution in [1.29, 1.82) is 0 Å². The standard InChI is InChI=1S/C28H25F4NO4/c1-15-11-19(37-10-9-17-5-3-4-6-23(17)29)12-16(2)25(15)26(34)33-24-13-18(20-14-21(20)27(35)36)7-8-22(24)28(30,31)32/h3-8,11-13,20-21H,9-10,14H2,1-2H3,(H,33,34)(H,35,36)/t20-,21-/m1/s1. The maximum Gasteiger partial charge on any atom is 0.418 e. The van der Waals surface area contributed by atoms with E-state index in [-0.39, 0.29) is 23.9 Å². The zero-order valence-corrected chi connectivity index (χ0v) is 20.2. The first-order chi connectivity index (χ1) is 17.5. The van der Waals surface area contributed by atoms with E-state index in [0.29, 0.717) is 40.8 Å². The van der Waals surface area contributed by atoms with Gasteiger partial charge >= 0.3 is 12.1 Å². The Kier molecular flexibility index (Phi) is 7.25. The van der Waals surface area contributed by atoms with E-state index in [1.165, 1.54) is 18.2 Å². The fraction of sp³-hybridized carbons (Fsp3) is 0.286. The molecule has 9 heteroatoms. The highest BCUT2D eigenvalue weighted by molar-refractivity contribution is 6.07. The van der Waals surface area contributed by atoms with E-state index < -0.39 is 35.2 Å². The van der Waals surface area contributed by atoms with Gasteiger partial charge in [0.1, 0.15) is 11.6 Å². The largest absolute Gasteiger partial charge is 0.493 e. The third-order valence-electron chi connectivity index (χ3n) is 6.46. The molecule has 194 valence electrons. The number of halogens is 4. The molecular weight excluding hydrogens is 490 g/mol. The summed E-state index contributed by atoms with van der Waals surface area (Å²) in [5.74, 6) is -2.63. The van der Waals surface area contributed by atoms with E-state index in [2.05, 4.69) is 5.32 Å². The van der Waals surface area contributed by atoms with Crippen molar-refractivity contribution >= 4 is 17.6 Å². The lowest BCUT2D eigenvalue weighted by molar-refractivity contribution is -0.139. The number of hydrogen-bond donors (Lipinski definition) is 2. The summed E-state index contributed by atoms with van der Waals surface area (Å²) in [6.45, 7) is 3.49. The summed E-state index contributed by atoms with van der Waals surface area (Å²) in [5.41, 5.74) is 0.705. The molecule has 1 amide bonds. The average molecular weight is 516 g/mol. The van der Waals surface area contributed by atoms with Gasteiger partial charge in [0.05, 0.1) is 23.8 Å². The van der Waals surface area contributed by atoms with Gasteiger partial charge in [-0.05, 0) is 78.8 Å². The zero-order chi connectivity index (χ0) is 26.9. The molecule has 0 aromatic heterocycles. The Bertz CT molecular complexity index is 1330. The van der Waals surface area contributed by atoms with Crippen molar-refractivity contribution in [3.63, 3.8) is 0 Å². The molecule has 37 heavy (non-hydrogen) atoms. The highest BCUT2D eigenvalue weighted by Gasteiger charge is 2.45. The molecule has 3 aromatic rings. The summed E-state index contributed by atoms with van der Waals surface area (Å²) >= 11 is 0. The first-order valence-corrected chi connectivity index (χ1v) is 11.7. The Balaban J connectivity index is 1.52. The van der Waals surface area contributed by atoms with E-state index in [1.807, 2.05) is 0 Å². The van der Waals surface area contributed by atoms with Crippen LogP contribution in [0.25, 0.3) is 0 Å². The number of ether oxygens (including phenoxy) is 1. The van der Waals surface area contributed by atoms with Crippen molar-refractivity contribution in [3.8, 4) is 5.75 Å². The number of carbonyl (C=O) groups is 2. The van der Waals surface area contributed by atoms with E-state index in [0.717, 1.165) is 6.07 Å². The van der Waals surface area contributed by atoms with Gasteiger partial charge in [0.25, 0.3) is 5.91 Å². The Morgan fingerprint density at radius 1 is 1.05 bits per heavy atom. The van der Waals surface area contributed by atoms with Gasteiger partial charge in [-0.15, -0.1) is 0 Å². The Morgan fingerprint density at radius 3 is 2.32 bits per heavy atom. The van der Waals surface area contributed by atoms with Crippen molar-refractivity contribution in [1.82, 2.24) is 0 Å². The third kappa shape index (κ3) is 5.93. The number of aryl methyl sites for hydroxylation is 2. The minimum Gasteiger partial charge on any atom is -0.493 e. The molecule has 2 N–H and O–H groups in total. The van der Waals surface area contributed by atoms with Crippen molar-refractivity contribution in [3.05, 3.63) is 93.8 Å². The monoisotopic (exact) mass is 515 g/mol. The fourth-order valence-electron chi connectivity index (χ4n) is 4.51. The minimum absolute atomic E-state index is 0.200. The maximum absolute atomic E-state index is 13.8. The summed E-state index contributed by atoms with van der Waals surface area (Å²) in [7, 11) is 0. The number of benzene rings is 3. The molecule has 5 nitrogen and oxygen atoms in total. The van der Waals surface area contributed by atoms with Crippen LogP contribution in [0.3, 0.4) is 0 Å². The van der Waals surface area contributed by atoms with Crippen LogP contribution >= 0.6 is 0 Å². The predicted octanol–water partition coefficient (Wildman–Crippen LogP) is 6.52. The molecule has 0 bridgehead atoms. The van der Waals surface area contributed by atoms with Gasteiger partial charge in [0.2, 0.25) is 0 Å². The minimum atomic E-state index is -4.71. The summed E-state index contributed by atoms with van der Waals surface area (Å²) in [4.78, 5) is 24.3. The quantitative estimate of drug-likeness (QED) is 0.335. The number of carbonyl (C=O) groups excluding carboxylic acids is 1. The van der Waals surface area contributed by atoms with Crippen LogP contribution in [-0.4, -0.2) is 23.6 Å². The zero-order valence-electron chi connectivity index (χ0n) is 20.2. The summed E-state index contributed by atoms with van der Waals surface area (Å²) < 4.78 is 60.5. The van der Waals surface area contributed by atoms with E-state index in [4.69, 9.17) is 9.84 Å². The molecule has 0 spiro atoms. The SMILES string of the molecule is Cc1cc(OCCc2ccccc2F)cc(C)c1C(=O)Nc1cc([C@H]2C[C@H]2C(=O)O)ccc1C(F)(F)F. The number of rotatable bonds is 8. The van der Waals surface area contributed by atoms with Crippen LogP contribution in [0.15, 0.2) is 54.6 Å². The lowest BCUT2D eigenvalue weighted by Crippen LogP contribution is -2.19. The van der Waals surface area contributed by atoms with Gasteiger partial charge in [-0.3, -0.25) is 9.59 Å². The predicted molar refractivity (Wildman–Crippen MR) is 129 cm³/mol. The van der Waals surface area contributed by atoms with Crippen LogP contribution in [0, 0.1) is 25.6 Å². The highest BCUT2D eigenvalue weighted by Crippen LogP contribution is 2.49. The van der Waals surface area contributed by atoms with Gasteiger partial charge in [0, 0.05) is 12.0 Å². The number of aliphatic carboxylic acids is 1. The van der Waals surface area contributed by atoms with Gasteiger partial charge < -0.3 is 15.2 Å². The normalized spacial score (nSPS) is 16.8. The van der Waals surface area contributed by atoms with Crippen molar-refractivity contribution in [2.75, 3.05) is 11.9 Å². The molecule has 2 atom stereocenters. The Hall–Kier alpha value is -3.88. The van der Waals surface area contributed by atoms with Gasteiger partial charge in [-0.2, -0.15) is 13.2 Å². The first-order valence-electron chi connectivity index (χ1n) is 11.7. The van der Waals surface area contributed by atoms with Crippen molar-refractivity contribution < 1.29 is 37.0 Å². The lowest BCUT2D eigenvalue weighted by Gasteiger charge is -2.17. The number of carboxylic acids is 1. The number of hydrogen-bond acceptors (Lipinski definition) is 3. The van der Waals surface area contributed by atoms with Crippen LogP contribution in [0.1, 0.15) is 50.5 Å². The molecule has 3 aromatic carbocycles. The summed E-state index contributed by atoms with van der Waals surface area (Å²) in [6, 6.07) is 12.9. The molecule has 0 heterocycles. The van der Waals surface area contributed by atoms with Crippen LogP contribution < -0.4 is 10.1 Å². The molecule has 1 saturated carbocycles. The Morgan fingerprint density at radius 2 is 1.73 bits per heavy atom. The summed E-state index contributed by atoms with van der Waals surface area (Å²) in [5, 5.41) is 11.5. The molecule has 1 aliphatic rings. The van der Waals surface area contributed by atoms with Gasteiger partial charge in [-0.1, -0.05) is 24.3 Å². The second kappa shape index (κ2) is 10.2. The van der Waals surface area contributed by atoms with Crippen molar-refractivity contribution in [2.45, 2.75) is 38.8 Å². The molecular formula is C28H25F4NO4. The van der Waals surface area contributed by atoms with Crippen LogP contribution in [0.5, 0.6) is 5.75 Å². The van der Waals surface area contributed by atoms with E-state index >= 15 is 0 Å². The van der Waals surface area contributed by atoms with E-state index in [9.17, 15) is 27.2 Å². The number of carboxylic acid groups (broad SMARTS) is 1. The fourth-order valence-corrected chi connectivity index (χ4v) is 4.51. The molecule has 0 aliphatic heterocycles. The third-order valence-corrected chi connectivity index (χ3v) is 6.46. The lowest BCUT2D eigenvalue weighted by atomic mass is 10.00. The topological polar surface area (TPSA) is 75.6 Å². The van der Waals surface area contributed by atoms with Gasteiger partial charge in [0.15, 0.2) is 0 Å². The van der Waals surface area contributed by atoms with Crippen LogP contribution in [-0.2, 0) is 17.4 Å².